The van der Waals surface area contributed by atoms with E-state index in [1.54, 1.807) is 0 Å². The molecule has 2 aromatic rings. The summed E-state index contributed by atoms with van der Waals surface area (Å²) >= 11 is 0. The minimum absolute atomic E-state index is 0.729. The highest BCUT2D eigenvalue weighted by Crippen LogP contribution is 2.37. The molecule has 3 rings (SSSR count). The minimum atomic E-state index is 0.729. The number of pyridine rings is 1. The molecule has 0 atom stereocenters. The van der Waals surface area contributed by atoms with Gasteiger partial charge in [0.1, 0.15) is 5.65 Å². The number of hydrogen-bond donors (Lipinski definition) is 0. The maximum atomic E-state index is 4.47. The van der Waals surface area contributed by atoms with Gasteiger partial charge in [-0.1, -0.05) is 6.92 Å². The van der Waals surface area contributed by atoms with Crippen LogP contribution in [-0.2, 0) is 6.42 Å². The Morgan fingerprint density at radius 3 is 3.00 bits per heavy atom. The summed E-state index contributed by atoms with van der Waals surface area (Å²) in [4.78, 5) is 4.47. The van der Waals surface area contributed by atoms with E-state index in [4.69, 9.17) is 0 Å². The molecule has 0 N–H and O–H groups in total. The van der Waals surface area contributed by atoms with Crippen molar-refractivity contribution < 1.29 is 0 Å². The van der Waals surface area contributed by atoms with Gasteiger partial charge in [0.25, 0.3) is 0 Å². The molecule has 72 valence electrons. The van der Waals surface area contributed by atoms with Gasteiger partial charge in [-0.3, -0.25) is 0 Å². The first-order valence-corrected chi connectivity index (χ1v) is 5.34. The van der Waals surface area contributed by atoms with Crippen molar-refractivity contribution in [3.05, 3.63) is 30.1 Å². The quantitative estimate of drug-likeness (QED) is 0.705. The van der Waals surface area contributed by atoms with Crippen LogP contribution in [0, 0.1) is 0 Å². The fourth-order valence-corrected chi connectivity index (χ4v) is 2.07. The van der Waals surface area contributed by atoms with E-state index in [1.807, 2.05) is 6.20 Å². The number of aromatic nitrogens is 2. The van der Waals surface area contributed by atoms with Crippen molar-refractivity contribution in [3.63, 3.8) is 0 Å². The SMILES string of the molecule is CCc1ccnc2c1ccn2C1CC1. The van der Waals surface area contributed by atoms with Crippen molar-refractivity contribution in [1.29, 1.82) is 0 Å². The third kappa shape index (κ3) is 1.07. The van der Waals surface area contributed by atoms with E-state index >= 15 is 0 Å². The monoisotopic (exact) mass is 186 g/mol. The summed E-state index contributed by atoms with van der Waals surface area (Å²) in [6.07, 6.45) is 7.85. The Morgan fingerprint density at radius 1 is 1.43 bits per heavy atom. The lowest BCUT2D eigenvalue weighted by atomic mass is 10.1. The first kappa shape index (κ1) is 8.04. The molecule has 0 spiro atoms. The summed E-state index contributed by atoms with van der Waals surface area (Å²) in [6.45, 7) is 2.20. The number of rotatable bonds is 2. The average molecular weight is 186 g/mol. The van der Waals surface area contributed by atoms with E-state index in [2.05, 4.69) is 34.8 Å². The standard InChI is InChI=1S/C12H14N2/c1-2-9-5-7-13-12-11(9)6-8-14(12)10-3-4-10/h5-8,10H,2-4H2,1H3. The topological polar surface area (TPSA) is 17.8 Å². The summed E-state index contributed by atoms with van der Waals surface area (Å²) in [7, 11) is 0. The molecule has 1 aliphatic rings. The molecule has 0 aromatic carbocycles. The smallest absolute Gasteiger partial charge is 0.140 e. The molecule has 2 heteroatoms. The van der Waals surface area contributed by atoms with Crippen LogP contribution in [0.15, 0.2) is 24.5 Å². The van der Waals surface area contributed by atoms with Crippen molar-refractivity contribution in [1.82, 2.24) is 9.55 Å². The molecule has 1 aliphatic carbocycles. The second-order valence-corrected chi connectivity index (χ2v) is 4.02. The van der Waals surface area contributed by atoms with Crippen LogP contribution in [0.1, 0.15) is 31.4 Å². The van der Waals surface area contributed by atoms with E-state index in [9.17, 15) is 0 Å². The Balaban J connectivity index is 2.25. The maximum Gasteiger partial charge on any atom is 0.140 e. The Kier molecular flexibility index (Phi) is 1.63. The second-order valence-electron chi connectivity index (χ2n) is 4.02. The van der Waals surface area contributed by atoms with Crippen LogP contribution in [0.5, 0.6) is 0 Å². The lowest BCUT2D eigenvalue weighted by molar-refractivity contribution is 0.766. The number of nitrogens with zero attached hydrogens (tertiary/aromatic N) is 2. The first-order chi connectivity index (χ1) is 6.90. The summed E-state index contributed by atoms with van der Waals surface area (Å²) in [5, 5.41) is 1.34. The van der Waals surface area contributed by atoms with Crippen LogP contribution < -0.4 is 0 Å². The van der Waals surface area contributed by atoms with Crippen molar-refractivity contribution in [2.24, 2.45) is 0 Å². The van der Waals surface area contributed by atoms with Crippen LogP contribution >= 0.6 is 0 Å². The minimum Gasteiger partial charge on any atom is -0.329 e. The highest BCUT2D eigenvalue weighted by Gasteiger charge is 2.24. The van der Waals surface area contributed by atoms with E-state index in [0.29, 0.717) is 0 Å². The van der Waals surface area contributed by atoms with Crippen molar-refractivity contribution in [2.75, 3.05) is 0 Å². The van der Waals surface area contributed by atoms with Gasteiger partial charge >= 0.3 is 0 Å². The van der Waals surface area contributed by atoms with E-state index < -0.39 is 0 Å². The summed E-state index contributed by atoms with van der Waals surface area (Å²) in [6, 6.07) is 5.06. The van der Waals surface area contributed by atoms with Gasteiger partial charge in [0.15, 0.2) is 0 Å². The average Bonchev–Trinajstić information content (AvgIpc) is 2.97. The highest BCUT2D eigenvalue weighted by atomic mass is 15.1. The van der Waals surface area contributed by atoms with Gasteiger partial charge in [-0.05, 0) is 37.0 Å². The zero-order valence-corrected chi connectivity index (χ0v) is 8.40. The molecule has 14 heavy (non-hydrogen) atoms. The fraction of sp³-hybridized carbons (Fsp3) is 0.417. The highest BCUT2D eigenvalue weighted by molar-refractivity contribution is 5.80. The molecule has 0 amide bonds. The molecular formula is C12H14N2. The predicted molar refractivity (Wildman–Crippen MR) is 57.4 cm³/mol. The van der Waals surface area contributed by atoms with Crippen molar-refractivity contribution in [2.45, 2.75) is 32.2 Å². The Hall–Kier alpha value is -1.31. The fourth-order valence-electron chi connectivity index (χ4n) is 2.07. The number of aryl methyl sites for hydroxylation is 1. The van der Waals surface area contributed by atoms with Crippen molar-refractivity contribution >= 4 is 11.0 Å². The molecule has 0 aliphatic heterocycles. The van der Waals surface area contributed by atoms with Crippen LogP contribution in [0.25, 0.3) is 11.0 Å². The lowest BCUT2D eigenvalue weighted by Crippen LogP contribution is -1.93. The van der Waals surface area contributed by atoms with Gasteiger partial charge in [0.2, 0.25) is 0 Å². The Morgan fingerprint density at radius 2 is 2.29 bits per heavy atom. The van der Waals surface area contributed by atoms with Gasteiger partial charge in [-0.2, -0.15) is 0 Å². The molecule has 0 bridgehead atoms. The van der Waals surface area contributed by atoms with Crippen molar-refractivity contribution in [3.8, 4) is 0 Å². The van der Waals surface area contributed by atoms with Gasteiger partial charge in [0, 0.05) is 23.8 Å². The molecule has 0 saturated heterocycles. The van der Waals surface area contributed by atoms with E-state index in [-0.39, 0.29) is 0 Å². The summed E-state index contributed by atoms with van der Waals surface area (Å²) < 4.78 is 2.33. The maximum absolute atomic E-state index is 4.47. The Bertz CT molecular complexity index is 466. The molecule has 1 saturated carbocycles. The van der Waals surface area contributed by atoms with Crippen LogP contribution in [0.2, 0.25) is 0 Å². The normalized spacial score (nSPS) is 16.4. The molecule has 2 aromatic heterocycles. The zero-order valence-electron chi connectivity index (χ0n) is 8.40. The predicted octanol–water partition coefficient (Wildman–Crippen LogP) is 2.93. The van der Waals surface area contributed by atoms with Crippen LogP contribution in [-0.4, -0.2) is 9.55 Å². The van der Waals surface area contributed by atoms with Gasteiger partial charge < -0.3 is 4.57 Å². The summed E-state index contributed by atoms with van der Waals surface area (Å²) in [5.74, 6) is 0. The van der Waals surface area contributed by atoms with Gasteiger partial charge in [-0.25, -0.2) is 4.98 Å². The van der Waals surface area contributed by atoms with Crippen LogP contribution in [0.4, 0.5) is 0 Å². The molecule has 0 radical (unpaired) electrons. The largest absolute Gasteiger partial charge is 0.329 e. The second kappa shape index (κ2) is 2.84. The molecule has 0 unspecified atom stereocenters. The molecular weight excluding hydrogens is 172 g/mol. The van der Waals surface area contributed by atoms with Gasteiger partial charge in [0.05, 0.1) is 0 Å². The number of hydrogen-bond acceptors (Lipinski definition) is 1. The summed E-state index contributed by atoms with van der Waals surface area (Å²) in [5.41, 5.74) is 2.58. The van der Waals surface area contributed by atoms with Crippen LogP contribution in [0.3, 0.4) is 0 Å². The number of fused-ring (bicyclic) bond motifs is 1. The van der Waals surface area contributed by atoms with E-state index in [0.717, 1.165) is 12.5 Å². The molecule has 1 fully saturated rings. The molecule has 2 heterocycles. The molecule has 2 nitrogen and oxygen atoms in total. The zero-order chi connectivity index (χ0) is 9.54. The third-order valence-electron chi connectivity index (χ3n) is 3.03. The van der Waals surface area contributed by atoms with Gasteiger partial charge in [-0.15, -0.1) is 0 Å². The van der Waals surface area contributed by atoms with E-state index in [1.165, 1.54) is 29.4 Å². The lowest BCUT2D eigenvalue weighted by Gasteiger charge is -2.02. The third-order valence-corrected chi connectivity index (χ3v) is 3.03. The first-order valence-electron chi connectivity index (χ1n) is 5.34. The Labute approximate surface area is 83.6 Å².